The minimum Gasteiger partial charge on any atom is -0.315 e. The van der Waals surface area contributed by atoms with Crippen LogP contribution >= 0.6 is 11.3 Å². The van der Waals surface area contributed by atoms with Crippen molar-refractivity contribution in [2.75, 3.05) is 18.4 Å². The Bertz CT molecular complexity index is 1180. The van der Waals surface area contributed by atoms with Crippen LogP contribution in [-0.4, -0.2) is 37.9 Å². The molecule has 0 unspecified atom stereocenters. The number of hydrogen-bond donors (Lipinski definition) is 1. The van der Waals surface area contributed by atoms with Gasteiger partial charge in [0, 0.05) is 35.1 Å². The van der Waals surface area contributed by atoms with Gasteiger partial charge in [0.05, 0.1) is 23.1 Å². The Morgan fingerprint density at radius 1 is 1.10 bits per heavy atom. The van der Waals surface area contributed by atoms with Crippen LogP contribution in [0.1, 0.15) is 40.6 Å². The summed E-state index contributed by atoms with van der Waals surface area (Å²) in [6, 6.07) is 10.7. The molecule has 7 heteroatoms. The maximum absolute atomic E-state index is 4.84. The highest BCUT2D eigenvalue weighted by Gasteiger charge is 2.22. The van der Waals surface area contributed by atoms with Gasteiger partial charge in [-0.05, 0) is 63.5 Å². The first-order valence-corrected chi connectivity index (χ1v) is 11.5. The zero-order valence-corrected chi connectivity index (χ0v) is 18.7. The van der Waals surface area contributed by atoms with Crippen LogP contribution in [0.3, 0.4) is 0 Å². The second kappa shape index (κ2) is 8.69. The molecule has 1 aliphatic heterocycles. The monoisotopic (exact) mass is 430 g/mol. The standard InChI is InChI=1S/C24H26N6S/c1-16-17(2)31-24(27-16)29-23-14-25-13-22(28-23)19-7-10-30(11-8-19)15-18-5-6-21-20(12-18)4-3-9-26-21/h3-6,9,12-14,19H,7-8,10-11,15H2,1-2H3,(H,27,28,29). The lowest BCUT2D eigenvalue weighted by atomic mass is 9.93. The Hall–Kier alpha value is -2.90. The molecule has 6 nitrogen and oxygen atoms in total. The maximum Gasteiger partial charge on any atom is 0.188 e. The first-order valence-electron chi connectivity index (χ1n) is 10.7. The van der Waals surface area contributed by atoms with Crippen molar-refractivity contribution in [1.29, 1.82) is 0 Å². The van der Waals surface area contributed by atoms with Crippen LogP contribution in [0, 0.1) is 13.8 Å². The molecule has 1 fully saturated rings. The predicted molar refractivity (Wildman–Crippen MR) is 126 cm³/mol. The molecule has 0 atom stereocenters. The Morgan fingerprint density at radius 3 is 2.77 bits per heavy atom. The van der Waals surface area contributed by atoms with Crippen LogP contribution in [0.4, 0.5) is 10.9 Å². The lowest BCUT2D eigenvalue weighted by Gasteiger charge is -2.31. The fourth-order valence-corrected chi connectivity index (χ4v) is 4.96. The van der Waals surface area contributed by atoms with Crippen LogP contribution in [-0.2, 0) is 6.54 Å². The molecule has 0 aliphatic carbocycles. The van der Waals surface area contributed by atoms with Crippen molar-refractivity contribution in [1.82, 2.24) is 24.8 Å². The van der Waals surface area contributed by atoms with Gasteiger partial charge < -0.3 is 5.32 Å². The number of hydrogen-bond acceptors (Lipinski definition) is 7. The van der Waals surface area contributed by atoms with Crippen LogP contribution in [0.25, 0.3) is 10.9 Å². The van der Waals surface area contributed by atoms with Gasteiger partial charge in [0.25, 0.3) is 0 Å². The Labute approximate surface area is 186 Å². The number of benzene rings is 1. The normalized spacial score (nSPS) is 15.4. The molecule has 31 heavy (non-hydrogen) atoms. The number of thiazole rings is 1. The Balaban J connectivity index is 1.21. The van der Waals surface area contributed by atoms with Gasteiger partial charge in [-0.25, -0.2) is 9.97 Å². The summed E-state index contributed by atoms with van der Waals surface area (Å²) in [6.45, 7) is 7.23. The number of anilines is 2. The van der Waals surface area contributed by atoms with E-state index in [2.05, 4.69) is 56.4 Å². The van der Waals surface area contributed by atoms with Crippen LogP contribution in [0.15, 0.2) is 48.9 Å². The van der Waals surface area contributed by atoms with E-state index in [0.717, 1.165) is 60.3 Å². The molecule has 0 amide bonds. The second-order valence-electron chi connectivity index (χ2n) is 8.20. The van der Waals surface area contributed by atoms with Crippen molar-refractivity contribution < 1.29 is 0 Å². The van der Waals surface area contributed by atoms with Crippen molar-refractivity contribution in [3.8, 4) is 0 Å². The van der Waals surface area contributed by atoms with Gasteiger partial charge >= 0.3 is 0 Å². The molecule has 3 aromatic heterocycles. The summed E-state index contributed by atoms with van der Waals surface area (Å²) in [7, 11) is 0. The van der Waals surface area contributed by atoms with Crippen LogP contribution in [0.5, 0.6) is 0 Å². The SMILES string of the molecule is Cc1nc(Nc2cncc(C3CCN(Cc4ccc5ncccc5c4)CC3)n2)sc1C. The molecule has 5 rings (SSSR count). The minimum absolute atomic E-state index is 0.450. The van der Waals surface area contributed by atoms with E-state index in [4.69, 9.17) is 4.98 Å². The number of pyridine rings is 1. The van der Waals surface area contributed by atoms with E-state index in [0.29, 0.717) is 5.92 Å². The van der Waals surface area contributed by atoms with Gasteiger partial charge in [-0.15, -0.1) is 11.3 Å². The first-order chi connectivity index (χ1) is 15.1. The zero-order chi connectivity index (χ0) is 21.2. The van der Waals surface area contributed by atoms with Gasteiger partial charge in [0.2, 0.25) is 0 Å². The van der Waals surface area contributed by atoms with Gasteiger partial charge in [-0.1, -0.05) is 12.1 Å². The molecule has 1 N–H and O–H groups in total. The smallest absolute Gasteiger partial charge is 0.188 e. The topological polar surface area (TPSA) is 66.8 Å². The Kier molecular flexibility index (Phi) is 5.61. The summed E-state index contributed by atoms with van der Waals surface area (Å²) in [5.74, 6) is 1.23. The van der Waals surface area contributed by atoms with E-state index in [-0.39, 0.29) is 0 Å². The van der Waals surface area contributed by atoms with E-state index >= 15 is 0 Å². The molecule has 158 valence electrons. The van der Waals surface area contributed by atoms with E-state index < -0.39 is 0 Å². The first kappa shape index (κ1) is 20.0. The van der Waals surface area contributed by atoms with Crippen LogP contribution in [0.2, 0.25) is 0 Å². The molecule has 1 aromatic carbocycles. The zero-order valence-electron chi connectivity index (χ0n) is 17.9. The molecule has 1 aliphatic rings. The minimum atomic E-state index is 0.450. The second-order valence-corrected chi connectivity index (χ2v) is 9.40. The summed E-state index contributed by atoms with van der Waals surface area (Å²) in [4.78, 5) is 22.0. The molecule has 0 bridgehead atoms. The third-order valence-corrected chi connectivity index (χ3v) is 6.98. The average molecular weight is 431 g/mol. The molecule has 0 saturated carbocycles. The number of piperidine rings is 1. The number of aromatic nitrogens is 4. The van der Waals surface area contributed by atoms with E-state index in [1.165, 1.54) is 15.8 Å². The van der Waals surface area contributed by atoms with Crippen molar-refractivity contribution in [2.45, 2.75) is 39.2 Å². The van der Waals surface area contributed by atoms with E-state index in [1.54, 1.807) is 17.5 Å². The lowest BCUT2D eigenvalue weighted by molar-refractivity contribution is 0.203. The van der Waals surface area contributed by atoms with Gasteiger partial charge in [-0.2, -0.15) is 0 Å². The molecule has 0 radical (unpaired) electrons. The summed E-state index contributed by atoms with van der Waals surface area (Å²) in [5.41, 5.74) is 4.54. The van der Waals surface area contributed by atoms with Crippen molar-refractivity contribution in [2.24, 2.45) is 0 Å². The molecule has 0 spiro atoms. The predicted octanol–water partition coefficient (Wildman–Crippen LogP) is 5.22. The maximum atomic E-state index is 4.84. The molecule has 4 aromatic rings. The summed E-state index contributed by atoms with van der Waals surface area (Å²) in [5, 5.41) is 5.40. The van der Waals surface area contributed by atoms with Crippen LogP contribution < -0.4 is 5.32 Å². The summed E-state index contributed by atoms with van der Waals surface area (Å²) < 4.78 is 0. The number of rotatable bonds is 5. The number of likely N-dealkylation sites (tertiary alicyclic amines) is 1. The molecule has 1 saturated heterocycles. The third kappa shape index (κ3) is 4.57. The highest BCUT2D eigenvalue weighted by Crippen LogP contribution is 2.29. The molecule has 4 heterocycles. The highest BCUT2D eigenvalue weighted by molar-refractivity contribution is 7.15. The quantitative estimate of drug-likeness (QED) is 0.468. The molecular formula is C24H26N6S. The fraction of sp³-hybridized carbons (Fsp3) is 0.333. The van der Waals surface area contributed by atoms with E-state index in [9.17, 15) is 0 Å². The van der Waals surface area contributed by atoms with Gasteiger partial charge in [0.1, 0.15) is 0 Å². The fourth-order valence-electron chi connectivity index (χ4n) is 4.14. The summed E-state index contributed by atoms with van der Waals surface area (Å²) >= 11 is 1.65. The van der Waals surface area contributed by atoms with Crippen molar-refractivity contribution in [3.63, 3.8) is 0 Å². The Morgan fingerprint density at radius 2 is 1.97 bits per heavy atom. The average Bonchev–Trinajstić information content (AvgIpc) is 3.11. The van der Waals surface area contributed by atoms with Gasteiger partial charge in [-0.3, -0.25) is 14.9 Å². The lowest BCUT2D eigenvalue weighted by Crippen LogP contribution is -2.32. The summed E-state index contributed by atoms with van der Waals surface area (Å²) in [6.07, 6.45) is 7.74. The molecular weight excluding hydrogens is 404 g/mol. The number of fused-ring (bicyclic) bond motifs is 1. The van der Waals surface area contributed by atoms with E-state index in [1.807, 2.05) is 25.4 Å². The third-order valence-electron chi connectivity index (χ3n) is 6.00. The highest BCUT2D eigenvalue weighted by atomic mass is 32.1. The largest absolute Gasteiger partial charge is 0.315 e. The van der Waals surface area contributed by atoms with Crippen molar-refractivity contribution in [3.05, 3.63) is 70.8 Å². The van der Waals surface area contributed by atoms with Gasteiger partial charge in [0.15, 0.2) is 10.9 Å². The number of nitrogens with zero attached hydrogens (tertiary/aromatic N) is 5. The number of nitrogens with one attached hydrogen (secondary N) is 1. The van der Waals surface area contributed by atoms with Crippen molar-refractivity contribution >= 4 is 33.2 Å². The number of aryl methyl sites for hydroxylation is 2.